The first-order valence-electron chi connectivity index (χ1n) is 4.71. The molecule has 0 aromatic rings. The van der Waals surface area contributed by atoms with E-state index in [0.29, 0.717) is 18.4 Å². The van der Waals surface area contributed by atoms with E-state index in [1.807, 2.05) is 6.92 Å². The van der Waals surface area contributed by atoms with E-state index in [-0.39, 0.29) is 11.9 Å². The molecule has 3 N–H and O–H groups in total. The van der Waals surface area contributed by atoms with E-state index in [2.05, 4.69) is 12.2 Å². The van der Waals surface area contributed by atoms with E-state index in [1.54, 1.807) is 0 Å². The van der Waals surface area contributed by atoms with Gasteiger partial charge >= 0.3 is 0 Å². The maximum absolute atomic E-state index is 11.3. The number of carbonyl (C=O) groups excluding carboxylic acids is 1. The molecule has 1 rings (SSSR count). The summed E-state index contributed by atoms with van der Waals surface area (Å²) in [6.07, 6.45) is 3.06. The quantitative estimate of drug-likeness (QED) is 0.653. The maximum atomic E-state index is 11.3. The molecule has 2 unspecified atom stereocenters. The van der Waals surface area contributed by atoms with E-state index >= 15 is 0 Å². The largest absolute Gasteiger partial charge is 0.352 e. The van der Waals surface area contributed by atoms with Gasteiger partial charge in [0.25, 0.3) is 0 Å². The van der Waals surface area contributed by atoms with Crippen molar-refractivity contribution < 1.29 is 4.79 Å². The lowest BCUT2D eigenvalue weighted by molar-refractivity contribution is -0.124. The van der Waals surface area contributed by atoms with Crippen molar-refractivity contribution in [2.24, 2.45) is 11.7 Å². The van der Waals surface area contributed by atoms with E-state index in [4.69, 9.17) is 5.73 Å². The van der Waals surface area contributed by atoms with Gasteiger partial charge in [0.15, 0.2) is 0 Å². The lowest BCUT2D eigenvalue weighted by atomic mass is 9.81. The van der Waals surface area contributed by atoms with Gasteiger partial charge in [-0.2, -0.15) is 0 Å². The first-order valence-corrected chi connectivity index (χ1v) is 4.71. The predicted molar refractivity (Wildman–Crippen MR) is 48.6 cm³/mol. The fraction of sp³-hybridized carbons (Fsp3) is 0.889. The molecule has 3 atom stereocenters. The molecule has 0 aliphatic heterocycles. The molecular weight excluding hydrogens is 152 g/mol. The van der Waals surface area contributed by atoms with Crippen LogP contribution < -0.4 is 11.1 Å². The van der Waals surface area contributed by atoms with Crippen LogP contribution in [0.2, 0.25) is 0 Å². The Kier molecular flexibility index (Phi) is 3.09. The van der Waals surface area contributed by atoms with Crippen LogP contribution in [-0.4, -0.2) is 18.0 Å². The Hall–Kier alpha value is -0.570. The van der Waals surface area contributed by atoms with Gasteiger partial charge < -0.3 is 11.1 Å². The van der Waals surface area contributed by atoms with Gasteiger partial charge in [-0.05, 0) is 25.2 Å². The Morgan fingerprint density at radius 1 is 1.67 bits per heavy atom. The monoisotopic (exact) mass is 170 g/mol. The zero-order valence-electron chi connectivity index (χ0n) is 7.84. The second kappa shape index (κ2) is 3.90. The second-order valence-corrected chi connectivity index (χ2v) is 3.68. The Balaban J connectivity index is 2.26. The van der Waals surface area contributed by atoms with Crippen molar-refractivity contribution in [3.63, 3.8) is 0 Å². The van der Waals surface area contributed by atoms with Crippen LogP contribution in [0.4, 0.5) is 0 Å². The van der Waals surface area contributed by atoms with Crippen LogP contribution in [0.15, 0.2) is 0 Å². The van der Waals surface area contributed by atoms with E-state index < -0.39 is 0 Å². The molecule has 12 heavy (non-hydrogen) atoms. The van der Waals surface area contributed by atoms with Crippen molar-refractivity contribution in [3.8, 4) is 0 Å². The summed E-state index contributed by atoms with van der Waals surface area (Å²) in [7, 11) is 0. The Bertz CT molecular complexity index is 170. The minimum Gasteiger partial charge on any atom is -0.352 e. The highest BCUT2D eigenvalue weighted by molar-refractivity contribution is 5.81. The van der Waals surface area contributed by atoms with Crippen LogP contribution in [0.5, 0.6) is 0 Å². The SMILES string of the molecule is CC[C@H](N)C(=O)NC1CCC1C. The van der Waals surface area contributed by atoms with Gasteiger partial charge in [0.05, 0.1) is 6.04 Å². The standard InChI is InChI=1S/C9H18N2O/c1-3-7(10)9(12)11-8-5-4-6(8)2/h6-8H,3-5,10H2,1-2H3,(H,11,12)/t6?,7-,8?/m0/s1. The van der Waals surface area contributed by atoms with Crippen LogP contribution >= 0.6 is 0 Å². The molecule has 0 spiro atoms. The first-order chi connectivity index (χ1) is 5.65. The maximum Gasteiger partial charge on any atom is 0.237 e. The summed E-state index contributed by atoms with van der Waals surface area (Å²) in [5, 5.41) is 2.95. The van der Waals surface area contributed by atoms with Crippen LogP contribution in [0.1, 0.15) is 33.1 Å². The number of amides is 1. The Morgan fingerprint density at radius 3 is 2.67 bits per heavy atom. The van der Waals surface area contributed by atoms with Crippen molar-refractivity contribution in [1.82, 2.24) is 5.32 Å². The van der Waals surface area contributed by atoms with Crippen LogP contribution in [0.3, 0.4) is 0 Å². The third-order valence-electron chi connectivity index (χ3n) is 2.72. The molecule has 1 fully saturated rings. The Morgan fingerprint density at radius 2 is 2.33 bits per heavy atom. The number of nitrogens with two attached hydrogens (primary N) is 1. The average molecular weight is 170 g/mol. The lowest BCUT2D eigenvalue weighted by Crippen LogP contribution is -2.51. The zero-order valence-corrected chi connectivity index (χ0v) is 7.84. The summed E-state index contributed by atoms with van der Waals surface area (Å²) in [5.74, 6) is 0.645. The molecule has 0 bridgehead atoms. The van der Waals surface area contributed by atoms with Crippen LogP contribution in [0, 0.1) is 5.92 Å². The minimum atomic E-state index is -0.321. The van der Waals surface area contributed by atoms with E-state index in [9.17, 15) is 4.79 Å². The van der Waals surface area contributed by atoms with Crippen molar-refractivity contribution in [3.05, 3.63) is 0 Å². The van der Waals surface area contributed by atoms with Gasteiger partial charge in [-0.15, -0.1) is 0 Å². The minimum absolute atomic E-state index is 0.00838. The molecule has 1 saturated carbocycles. The van der Waals surface area contributed by atoms with Gasteiger partial charge in [-0.1, -0.05) is 13.8 Å². The summed E-state index contributed by atoms with van der Waals surface area (Å²) in [5.41, 5.74) is 5.58. The van der Waals surface area contributed by atoms with Crippen molar-refractivity contribution >= 4 is 5.91 Å². The third kappa shape index (κ3) is 1.97. The van der Waals surface area contributed by atoms with Gasteiger partial charge in [-0.3, -0.25) is 4.79 Å². The zero-order chi connectivity index (χ0) is 9.14. The smallest absolute Gasteiger partial charge is 0.237 e. The Labute approximate surface area is 73.7 Å². The molecule has 0 saturated heterocycles. The van der Waals surface area contributed by atoms with Gasteiger partial charge in [0.1, 0.15) is 0 Å². The number of hydrogen-bond donors (Lipinski definition) is 2. The number of hydrogen-bond acceptors (Lipinski definition) is 2. The molecule has 0 aromatic carbocycles. The number of rotatable bonds is 3. The predicted octanol–water partition coefficient (Wildman–Crippen LogP) is 0.638. The highest BCUT2D eigenvalue weighted by atomic mass is 16.2. The van der Waals surface area contributed by atoms with Crippen molar-refractivity contribution in [2.75, 3.05) is 0 Å². The molecular formula is C9H18N2O. The number of nitrogens with one attached hydrogen (secondary N) is 1. The molecule has 1 amide bonds. The molecule has 1 aliphatic rings. The second-order valence-electron chi connectivity index (χ2n) is 3.68. The summed E-state index contributed by atoms with van der Waals surface area (Å²) in [4.78, 5) is 11.3. The third-order valence-corrected chi connectivity index (χ3v) is 2.72. The summed E-state index contributed by atoms with van der Waals surface area (Å²) >= 11 is 0. The molecule has 70 valence electrons. The molecule has 0 heterocycles. The summed E-state index contributed by atoms with van der Waals surface area (Å²) < 4.78 is 0. The fourth-order valence-corrected chi connectivity index (χ4v) is 1.36. The number of carbonyl (C=O) groups is 1. The van der Waals surface area contributed by atoms with Gasteiger partial charge in [-0.25, -0.2) is 0 Å². The molecule has 1 aliphatic carbocycles. The van der Waals surface area contributed by atoms with Crippen LogP contribution in [0.25, 0.3) is 0 Å². The van der Waals surface area contributed by atoms with Crippen molar-refractivity contribution in [1.29, 1.82) is 0 Å². The van der Waals surface area contributed by atoms with E-state index in [0.717, 1.165) is 6.42 Å². The van der Waals surface area contributed by atoms with Crippen molar-refractivity contribution in [2.45, 2.75) is 45.2 Å². The fourth-order valence-electron chi connectivity index (χ4n) is 1.36. The molecule has 0 radical (unpaired) electrons. The summed E-state index contributed by atoms with van der Waals surface area (Å²) in [6.45, 7) is 4.08. The molecule has 3 heteroatoms. The average Bonchev–Trinajstić information content (AvgIpc) is 2.09. The lowest BCUT2D eigenvalue weighted by Gasteiger charge is -2.35. The van der Waals surface area contributed by atoms with Crippen LogP contribution in [-0.2, 0) is 4.79 Å². The summed E-state index contributed by atoms with van der Waals surface area (Å²) in [6, 6.07) is 0.0629. The first kappa shape index (κ1) is 9.52. The van der Waals surface area contributed by atoms with E-state index in [1.165, 1.54) is 6.42 Å². The normalized spacial score (nSPS) is 30.6. The highest BCUT2D eigenvalue weighted by Crippen LogP contribution is 2.26. The highest BCUT2D eigenvalue weighted by Gasteiger charge is 2.28. The van der Waals surface area contributed by atoms with Gasteiger partial charge in [0, 0.05) is 6.04 Å². The topological polar surface area (TPSA) is 55.1 Å². The molecule has 3 nitrogen and oxygen atoms in total. The molecule has 0 aromatic heterocycles. The van der Waals surface area contributed by atoms with Gasteiger partial charge in [0.2, 0.25) is 5.91 Å².